The van der Waals surface area contributed by atoms with Crippen LogP contribution in [0.1, 0.15) is 26.2 Å². The van der Waals surface area contributed by atoms with Crippen LogP contribution in [0.5, 0.6) is 0 Å². The van der Waals surface area contributed by atoms with E-state index in [9.17, 15) is 8.42 Å². The minimum Gasteiger partial charge on any atom is -0.383 e. The second-order valence-corrected chi connectivity index (χ2v) is 6.12. The molecule has 0 amide bonds. The Labute approximate surface area is 104 Å². The molecule has 1 rings (SSSR count). The zero-order valence-electron chi connectivity index (χ0n) is 10.6. The van der Waals surface area contributed by atoms with Crippen LogP contribution in [0.4, 0.5) is 0 Å². The molecule has 1 aliphatic heterocycles. The summed E-state index contributed by atoms with van der Waals surface area (Å²) in [6.07, 6.45) is 2.92. The summed E-state index contributed by atoms with van der Waals surface area (Å²) in [6.45, 7) is 3.04. The third kappa shape index (κ3) is 4.18. The molecule has 2 atom stereocenters. The van der Waals surface area contributed by atoms with Gasteiger partial charge < -0.3 is 10.5 Å². The maximum absolute atomic E-state index is 12.1. The van der Waals surface area contributed by atoms with E-state index in [0.29, 0.717) is 6.54 Å². The first-order chi connectivity index (χ1) is 8.01. The molecule has 0 spiro atoms. The van der Waals surface area contributed by atoms with Gasteiger partial charge in [-0.1, -0.05) is 6.42 Å². The van der Waals surface area contributed by atoms with E-state index in [1.807, 2.05) is 6.92 Å². The molecule has 0 saturated carbocycles. The standard InChI is InChI=1S/C10H23N3O3S/c1-9-5-3-4-6-13(9)17(14,15)12-10(7-11)8-16-2/h9-10,12H,3-8,11H2,1-2H3. The van der Waals surface area contributed by atoms with Crippen LogP contribution in [0.2, 0.25) is 0 Å². The van der Waals surface area contributed by atoms with Gasteiger partial charge in [0.2, 0.25) is 0 Å². The Bertz CT molecular complexity index is 321. The van der Waals surface area contributed by atoms with Gasteiger partial charge in [0.1, 0.15) is 0 Å². The summed E-state index contributed by atoms with van der Waals surface area (Å²) in [5.74, 6) is 0. The van der Waals surface area contributed by atoms with Crippen LogP contribution in [0.15, 0.2) is 0 Å². The maximum Gasteiger partial charge on any atom is 0.280 e. The van der Waals surface area contributed by atoms with Gasteiger partial charge in [0.25, 0.3) is 10.2 Å². The summed E-state index contributed by atoms with van der Waals surface area (Å²) in [7, 11) is -1.91. The Morgan fingerprint density at radius 1 is 1.53 bits per heavy atom. The fraction of sp³-hybridized carbons (Fsp3) is 1.00. The highest BCUT2D eigenvalue weighted by atomic mass is 32.2. The predicted octanol–water partition coefficient (Wildman–Crippen LogP) is -0.331. The van der Waals surface area contributed by atoms with E-state index in [1.165, 1.54) is 11.4 Å². The zero-order valence-corrected chi connectivity index (χ0v) is 11.4. The molecule has 7 heteroatoms. The van der Waals surface area contributed by atoms with Crippen molar-refractivity contribution in [2.45, 2.75) is 38.3 Å². The van der Waals surface area contributed by atoms with Gasteiger partial charge in [-0.3, -0.25) is 0 Å². The first-order valence-corrected chi connectivity index (χ1v) is 7.43. The van der Waals surface area contributed by atoms with Crippen molar-refractivity contribution in [3.8, 4) is 0 Å². The normalized spacial score (nSPS) is 24.8. The molecule has 6 nitrogen and oxygen atoms in total. The molecule has 1 fully saturated rings. The highest BCUT2D eigenvalue weighted by molar-refractivity contribution is 7.87. The molecule has 1 saturated heterocycles. The van der Waals surface area contributed by atoms with E-state index >= 15 is 0 Å². The molecule has 0 aromatic carbocycles. The van der Waals surface area contributed by atoms with Crippen molar-refractivity contribution in [3.63, 3.8) is 0 Å². The summed E-state index contributed by atoms with van der Waals surface area (Å²) in [5.41, 5.74) is 5.50. The summed E-state index contributed by atoms with van der Waals surface area (Å²) >= 11 is 0. The van der Waals surface area contributed by atoms with Crippen molar-refractivity contribution in [3.05, 3.63) is 0 Å². The van der Waals surface area contributed by atoms with Gasteiger partial charge in [0.05, 0.1) is 12.6 Å². The van der Waals surface area contributed by atoms with Crippen LogP contribution in [-0.2, 0) is 14.9 Å². The fourth-order valence-corrected chi connectivity index (χ4v) is 3.73. The molecule has 3 N–H and O–H groups in total. The first kappa shape index (κ1) is 14.8. The number of nitrogens with zero attached hydrogens (tertiary/aromatic N) is 1. The van der Waals surface area contributed by atoms with Gasteiger partial charge >= 0.3 is 0 Å². The van der Waals surface area contributed by atoms with E-state index in [1.54, 1.807) is 0 Å². The molecular weight excluding hydrogens is 242 g/mol. The third-order valence-corrected chi connectivity index (χ3v) is 4.81. The van der Waals surface area contributed by atoms with Gasteiger partial charge in [-0.05, 0) is 19.8 Å². The van der Waals surface area contributed by atoms with Crippen LogP contribution >= 0.6 is 0 Å². The number of nitrogens with two attached hydrogens (primary N) is 1. The van der Waals surface area contributed by atoms with Gasteiger partial charge in [0, 0.05) is 26.2 Å². The minimum atomic E-state index is -3.44. The highest BCUT2D eigenvalue weighted by Crippen LogP contribution is 2.19. The van der Waals surface area contributed by atoms with Crippen molar-refractivity contribution in [2.75, 3.05) is 26.8 Å². The second-order valence-electron chi connectivity index (χ2n) is 4.47. The molecule has 0 bridgehead atoms. The Kier molecular flexibility index (Phi) is 5.81. The minimum absolute atomic E-state index is 0.0576. The Morgan fingerprint density at radius 2 is 2.24 bits per heavy atom. The molecule has 17 heavy (non-hydrogen) atoms. The number of ether oxygens (including phenoxy) is 1. The fourth-order valence-electron chi connectivity index (χ4n) is 2.06. The summed E-state index contributed by atoms with van der Waals surface area (Å²) in [5, 5.41) is 0. The molecule has 0 aliphatic carbocycles. The Morgan fingerprint density at radius 3 is 2.76 bits per heavy atom. The van der Waals surface area contributed by atoms with Crippen LogP contribution in [0.25, 0.3) is 0 Å². The largest absolute Gasteiger partial charge is 0.383 e. The molecule has 0 aromatic heterocycles. The smallest absolute Gasteiger partial charge is 0.280 e. The monoisotopic (exact) mass is 265 g/mol. The number of nitrogens with one attached hydrogen (secondary N) is 1. The van der Waals surface area contributed by atoms with Gasteiger partial charge in [-0.2, -0.15) is 17.4 Å². The summed E-state index contributed by atoms with van der Waals surface area (Å²) in [6, 6.07) is -0.304. The first-order valence-electron chi connectivity index (χ1n) is 5.99. The van der Waals surface area contributed by atoms with Gasteiger partial charge in [0.15, 0.2) is 0 Å². The average Bonchev–Trinajstić information content (AvgIpc) is 2.28. The van der Waals surface area contributed by atoms with Crippen LogP contribution in [0.3, 0.4) is 0 Å². The summed E-state index contributed by atoms with van der Waals surface area (Å²) < 4.78 is 33.3. The lowest BCUT2D eigenvalue weighted by Crippen LogP contribution is -2.53. The molecule has 2 unspecified atom stereocenters. The lowest BCUT2D eigenvalue weighted by molar-refractivity contribution is 0.174. The zero-order chi connectivity index (χ0) is 12.9. The molecule has 102 valence electrons. The number of methoxy groups -OCH3 is 1. The molecule has 1 aliphatic rings. The van der Waals surface area contributed by atoms with Crippen molar-refractivity contribution in [2.24, 2.45) is 5.73 Å². The Hall–Kier alpha value is -0.210. The Balaban J connectivity index is 2.65. The van der Waals surface area contributed by atoms with Gasteiger partial charge in [-0.25, -0.2) is 0 Å². The van der Waals surface area contributed by atoms with Crippen molar-refractivity contribution in [1.29, 1.82) is 0 Å². The van der Waals surface area contributed by atoms with Gasteiger partial charge in [-0.15, -0.1) is 0 Å². The highest BCUT2D eigenvalue weighted by Gasteiger charge is 2.30. The van der Waals surface area contributed by atoms with E-state index in [0.717, 1.165) is 19.3 Å². The number of piperidine rings is 1. The number of hydrogen-bond acceptors (Lipinski definition) is 4. The van der Waals surface area contributed by atoms with Crippen molar-refractivity contribution < 1.29 is 13.2 Å². The lowest BCUT2D eigenvalue weighted by Gasteiger charge is -2.33. The van der Waals surface area contributed by atoms with Crippen molar-refractivity contribution in [1.82, 2.24) is 9.03 Å². The van der Waals surface area contributed by atoms with Crippen LogP contribution in [0, 0.1) is 0 Å². The predicted molar refractivity (Wildman–Crippen MR) is 66.8 cm³/mol. The van der Waals surface area contributed by atoms with Crippen LogP contribution in [-0.4, -0.2) is 51.6 Å². The topological polar surface area (TPSA) is 84.7 Å². The molecular formula is C10H23N3O3S. The number of rotatable bonds is 6. The molecule has 0 aromatic rings. The van der Waals surface area contributed by atoms with E-state index in [-0.39, 0.29) is 25.2 Å². The van der Waals surface area contributed by atoms with Crippen molar-refractivity contribution >= 4 is 10.2 Å². The SMILES string of the molecule is COCC(CN)NS(=O)(=O)N1CCCCC1C. The van der Waals surface area contributed by atoms with E-state index < -0.39 is 10.2 Å². The molecule has 0 radical (unpaired) electrons. The quantitative estimate of drug-likeness (QED) is 0.688. The van der Waals surface area contributed by atoms with E-state index in [2.05, 4.69) is 4.72 Å². The molecule has 1 heterocycles. The van der Waals surface area contributed by atoms with Crippen LogP contribution < -0.4 is 10.5 Å². The maximum atomic E-state index is 12.1. The lowest BCUT2D eigenvalue weighted by atomic mass is 10.1. The summed E-state index contributed by atoms with van der Waals surface area (Å²) in [4.78, 5) is 0. The average molecular weight is 265 g/mol. The number of hydrogen-bond donors (Lipinski definition) is 2. The van der Waals surface area contributed by atoms with E-state index in [4.69, 9.17) is 10.5 Å². The third-order valence-electron chi connectivity index (χ3n) is 3.02. The second kappa shape index (κ2) is 6.65.